The number of nitrogens with zero attached hydrogens (tertiary/aromatic N) is 2. The number of nitrogens with two attached hydrogens (primary N) is 1. The van der Waals surface area contributed by atoms with Crippen molar-refractivity contribution < 1.29 is 9.59 Å². The van der Waals surface area contributed by atoms with Gasteiger partial charge < -0.3 is 10.5 Å². The Balaban J connectivity index is 2.28. The number of ketones is 2. The maximum absolute atomic E-state index is 12.8. The Morgan fingerprint density at radius 1 is 1.32 bits per heavy atom. The van der Waals surface area contributed by atoms with E-state index in [-0.39, 0.29) is 28.8 Å². The third kappa shape index (κ3) is 2.65. The second kappa shape index (κ2) is 6.59. The van der Waals surface area contributed by atoms with Crippen molar-refractivity contribution in [1.82, 2.24) is 0 Å². The highest BCUT2D eigenvalue weighted by molar-refractivity contribution is 6.09. The van der Waals surface area contributed by atoms with Crippen molar-refractivity contribution in [2.24, 2.45) is 27.9 Å². The van der Waals surface area contributed by atoms with E-state index >= 15 is 0 Å². The number of carbonyl (C=O) groups is 2. The van der Waals surface area contributed by atoms with Crippen molar-refractivity contribution in [1.29, 1.82) is 5.26 Å². The van der Waals surface area contributed by atoms with Gasteiger partial charge in [-0.2, -0.15) is 5.26 Å². The number of rotatable bonds is 1. The number of hydrogen-bond donors (Lipinski definition) is 1. The summed E-state index contributed by atoms with van der Waals surface area (Å²) in [6.45, 7) is 13.6. The number of fused-ring (bicyclic) bond motifs is 3. The van der Waals surface area contributed by atoms with Gasteiger partial charge in [0, 0.05) is 23.8 Å². The lowest BCUT2D eigenvalue weighted by Gasteiger charge is -2.56. The predicted octanol–water partition coefficient (Wildman–Crippen LogP) is 3.11. The molecule has 0 aromatic heterocycles. The molecule has 3 rings (SSSR count). The summed E-state index contributed by atoms with van der Waals surface area (Å²) in [4.78, 5) is 28.9. The third-order valence-corrected chi connectivity index (χ3v) is 6.49. The van der Waals surface area contributed by atoms with Gasteiger partial charge in [0.25, 0.3) is 0 Å². The van der Waals surface area contributed by atoms with Gasteiger partial charge in [-0.3, -0.25) is 4.79 Å². The zero-order valence-electron chi connectivity index (χ0n) is 16.4. The Labute approximate surface area is 165 Å². The molecule has 0 unspecified atom stereocenters. The van der Waals surface area contributed by atoms with Gasteiger partial charge >= 0.3 is 0 Å². The number of hydrogen-bond acceptors (Lipinski definition) is 4. The quantitative estimate of drug-likeness (QED) is 0.565. The van der Waals surface area contributed by atoms with Gasteiger partial charge in [0.1, 0.15) is 6.07 Å². The zero-order chi connectivity index (χ0) is 20.7. The first-order chi connectivity index (χ1) is 13.2. The highest BCUT2D eigenvalue weighted by Gasteiger charge is 2.59. The van der Waals surface area contributed by atoms with Crippen LogP contribution in [-0.2, 0) is 9.59 Å². The highest BCUT2D eigenvalue weighted by atomic mass is 16.1. The van der Waals surface area contributed by atoms with E-state index in [1.165, 1.54) is 6.08 Å². The van der Waals surface area contributed by atoms with Crippen LogP contribution in [0.1, 0.15) is 40.0 Å². The first kappa shape index (κ1) is 19.8. The molecule has 3 aliphatic carbocycles. The summed E-state index contributed by atoms with van der Waals surface area (Å²) in [6, 6.07) is 1.99. The van der Waals surface area contributed by atoms with E-state index in [1.54, 1.807) is 12.2 Å². The van der Waals surface area contributed by atoms with E-state index in [2.05, 4.69) is 16.7 Å². The van der Waals surface area contributed by atoms with Crippen molar-refractivity contribution in [3.63, 3.8) is 0 Å². The minimum absolute atomic E-state index is 0.0569. The van der Waals surface area contributed by atoms with Crippen molar-refractivity contribution in [3.05, 3.63) is 46.5 Å². The molecule has 3 atom stereocenters. The van der Waals surface area contributed by atoms with E-state index in [0.717, 1.165) is 5.57 Å². The molecule has 0 aliphatic heterocycles. The van der Waals surface area contributed by atoms with Crippen molar-refractivity contribution in [3.8, 4) is 17.9 Å². The van der Waals surface area contributed by atoms with Crippen molar-refractivity contribution >= 4 is 11.6 Å². The Morgan fingerprint density at radius 2 is 2.04 bits per heavy atom. The Kier molecular flexibility index (Phi) is 4.66. The number of Topliss-reactive ketones (excluding diaryl/α,β-unsaturated/α-hetero) is 1. The molecule has 0 spiro atoms. The summed E-state index contributed by atoms with van der Waals surface area (Å²) < 4.78 is 0. The average Bonchev–Trinajstić information content (AvgIpc) is 2.65. The summed E-state index contributed by atoms with van der Waals surface area (Å²) in [5.41, 5.74) is 4.43. The largest absolute Gasteiger partial charge is 0.330 e. The Hall–Kier alpha value is -2.94. The molecular weight excluding hydrogens is 350 g/mol. The van der Waals surface area contributed by atoms with Crippen LogP contribution >= 0.6 is 0 Å². The van der Waals surface area contributed by atoms with Gasteiger partial charge in [0.15, 0.2) is 11.6 Å². The predicted molar refractivity (Wildman–Crippen MR) is 105 cm³/mol. The summed E-state index contributed by atoms with van der Waals surface area (Å²) >= 11 is 0. The molecule has 5 nitrogen and oxygen atoms in total. The molecule has 1 saturated carbocycles. The topological polar surface area (TPSA) is 88.3 Å². The molecule has 0 aromatic carbocycles. The molecule has 0 saturated heterocycles. The molecule has 28 heavy (non-hydrogen) atoms. The summed E-state index contributed by atoms with van der Waals surface area (Å²) in [7, 11) is 0. The fraction of sp³-hybridized carbons (Fsp3) is 0.478. The molecular formula is C23H23N3O2. The lowest BCUT2D eigenvalue weighted by atomic mass is 9.46. The lowest BCUT2D eigenvalue weighted by Crippen LogP contribution is -2.53. The summed E-state index contributed by atoms with van der Waals surface area (Å²) in [6.07, 6.45) is 6.77. The van der Waals surface area contributed by atoms with Gasteiger partial charge in [0.05, 0.1) is 17.6 Å². The summed E-state index contributed by atoms with van der Waals surface area (Å²) in [5, 5.41) is 9.40. The molecule has 0 amide bonds. The zero-order valence-corrected chi connectivity index (χ0v) is 16.4. The van der Waals surface area contributed by atoms with Crippen molar-refractivity contribution in [2.45, 2.75) is 40.0 Å². The van der Waals surface area contributed by atoms with E-state index in [9.17, 15) is 14.9 Å². The molecule has 1 fully saturated rings. The second-order valence-corrected chi connectivity index (χ2v) is 8.47. The fourth-order valence-corrected chi connectivity index (χ4v) is 5.19. The lowest BCUT2D eigenvalue weighted by molar-refractivity contribution is -0.130. The van der Waals surface area contributed by atoms with Gasteiger partial charge in [-0.05, 0) is 36.5 Å². The molecule has 0 radical (unpaired) electrons. The first-order valence-corrected chi connectivity index (χ1v) is 9.41. The molecule has 2 N–H and O–H groups in total. The van der Waals surface area contributed by atoms with Crippen LogP contribution < -0.4 is 5.73 Å². The van der Waals surface area contributed by atoms with Gasteiger partial charge in [-0.25, -0.2) is 4.85 Å². The molecule has 0 heterocycles. The molecule has 0 aromatic rings. The minimum atomic E-state index is -0.750. The second-order valence-electron chi connectivity index (χ2n) is 8.47. The van der Waals surface area contributed by atoms with Crippen LogP contribution in [0.15, 0.2) is 35.1 Å². The summed E-state index contributed by atoms with van der Waals surface area (Å²) in [5.74, 6) is 5.82. The van der Waals surface area contributed by atoms with E-state index in [0.29, 0.717) is 25.8 Å². The van der Waals surface area contributed by atoms with E-state index in [1.807, 2.05) is 26.8 Å². The number of allylic oxidation sites excluding steroid dienone is 6. The Bertz CT molecular complexity index is 1000. The monoisotopic (exact) mass is 373 g/mol. The van der Waals surface area contributed by atoms with Crippen LogP contribution in [0.4, 0.5) is 0 Å². The number of nitriles is 1. The van der Waals surface area contributed by atoms with Crippen molar-refractivity contribution in [2.75, 3.05) is 6.54 Å². The van der Waals surface area contributed by atoms with Gasteiger partial charge in [-0.1, -0.05) is 32.8 Å². The third-order valence-electron chi connectivity index (χ3n) is 6.49. The van der Waals surface area contributed by atoms with Crippen LogP contribution in [0.5, 0.6) is 0 Å². The normalized spacial score (nSPS) is 32.9. The van der Waals surface area contributed by atoms with E-state index < -0.39 is 16.2 Å². The maximum atomic E-state index is 12.8. The van der Waals surface area contributed by atoms with Crippen LogP contribution in [0, 0.1) is 51.9 Å². The molecule has 0 bridgehead atoms. The first-order valence-electron chi connectivity index (χ1n) is 9.41. The van der Waals surface area contributed by atoms with Crippen LogP contribution in [0.3, 0.4) is 0 Å². The van der Waals surface area contributed by atoms with E-state index in [4.69, 9.17) is 12.3 Å². The maximum Gasteiger partial charge on any atom is 0.226 e. The molecule has 5 heteroatoms. The minimum Gasteiger partial charge on any atom is -0.330 e. The number of carbonyl (C=O) groups excluding carboxylic acids is 2. The SMILES string of the molecule is [C-]#[N+]C1=C[C@]2(C)C3=CC(=O)C(C#N)=C[C@]3(C#CCCN)CC[C@H]2C(C)(C)C1=O. The standard InChI is InChI=1S/C23H23N3O2/c1-21(2)18-7-9-23(8-5-6-10-24)12-15(14-25)17(27)11-19(23)22(18,3)13-16(26-4)20(21)28/h11-13,18H,6-7,9-10,24H2,1-3H3/t18-,22-,23-/m0/s1. The van der Waals surface area contributed by atoms with Crippen LogP contribution in [0.2, 0.25) is 0 Å². The van der Waals surface area contributed by atoms with Crippen LogP contribution in [-0.4, -0.2) is 18.1 Å². The highest BCUT2D eigenvalue weighted by Crippen LogP contribution is 2.63. The molecule has 142 valence electrons. The molecule has 3 aliphatic rings. The average molecular weight is 373 g/mol. The smallest absolute Gasteiger partial charge is 0.226 e. The Morgan fingerprint density at radius 3 is 2.64 bits per heavy atom. The fourth-order valence-electron chi connectivity index (χ4n) is 5.19. The van der Waals surface area contributed by atoms with Crippen LogP contribution in [0.25, 0.3) is 4.85 Å². The van der Waals surface area contributed by atoms with Gasteiger partial charge in [0.2, 0.25) is 5.70 Å². The van der Waals surface area contributed by atoms with Gasteiger partial charge in [-0.15, -0.1) is 5.92 Å².